The Hall–Kier alpha value is -5.04. The molecule has 1 aliphatic heterocycles. The molecule has 3 aromatic carbocycles. The van der Waals surface area contributed by atoms with Crippen molar-refractivity contribution in [2.45, 2.75) is 32.5 Å². The lowest BCUT2D eigenvalue weighted by Gasteiger charge is -2.30. The van der Waals surface area contributed by atoms with Gasteiger partial charge >= 0.3 is 6.18 Å². The molecule has 0 N–H and O–H groups in total. The lowest BCUT2D eigenvalue weighted by molar-refractivity contribution is -0.138. The van der Waals surface area contributed by atoms with Crippen LogP contribution in [0.1, 0.15) is 44.1 Å². The first-order chi connectivity index (χ1) is 22.1. The summed E-state index contributed by atoms with van der Waals surface area (Å²) in [6, 6.07) is 20.6. The van der Waals surface area contributed by atoms with Crippen molar-refractivity contribution in [3.63, 3.8) is 0 Å². The number of hydrogen-bond acceptors (Lipinski definition) is 5. The predicted molar refractivity (Wildman–Crippen MR) is 167 cm³/mol. The number of aryl methyl sites for hydroxylation is 1. The molecule has 0 aliphatic carbocycles. The molecule has 6 aromatic rings. The Morgan fingerprint density at radius 1 is 0.978 bits per heavy atom. The van der Waals surface area contributed by atoms with Crippen molar-refractivity contribution < 1.29 is 18.0 Å². The second-order valence-electron chi connectivity index (χ2n) is 11.0. The number of rotatable bonds is 5. The third kappa shape index (κ3) is 5.19. The van der Waals surface area contributed by atoms with E-state index >= 15 is 0 Å². The number of halogens is 4. The van der Waals surface area contributed by atoms with Crippen LogP contribution in [-0.4, -0.2) is 46.3 Å². The minimum atomic E-state index is -4.63. The van der Waals surface area contributed by atoms with Gasteiger partial charge in [0.2, 0.25) is 0 Å². The lowest BCUT2D eigenvalue weighted by Crippen LogP contribution is -2.41. The van der Waals surface area contributed by atoms with Crippen LogP contribution in [0.3, 0.4) is 0 Å². The molecular formula is C33H25BrF3N7O2. The van der Waals surface area contributed by atoms with E-state index < -0.39 is 17.6 Å². The van der Waals surface area contributed by atoms with Crippen molar-refractivity contribution in [2.75, 3.05) is 6.54 Å². The molecule has 3 aromatic heterocycles. The Bertz CT molecular complexity index is 2170. The second kappa shape index (κ2) is 11.4. The number of carbonyl (C=O) groups excluding carboxylic acids is 1. The minimum absolute atomic E-state index is 0.00906. The van der Waals surface area contributed by atoms with Gasteiger partial charge in [0.15, 0.2) is 0 Å². The van der Waals surface area contributed by atoms with Crippen LogP contribution in [0.15, 0.2) is 94.6 Å². The second-order valence-corrected chi connectivity index (χ2v) is 11.9. The van der Waals surface area contributed by atoms with Crippen molar-refractivity contribution in [2.24, 2.45) is 0 Å². The van der Waals surface area contributed by atoms with Gasteiger partial charge in [0.05, 0.1) is 35.4 Å². The van der Waals surface area contributed by atoms with E-state index in [1.807, 2.05) is 61.5 Å². The van der Waals surface area contributed by atoms with Crippen molar-refractivity contribution >= 4 is 27.5 Å². The maximum absolute atomic E-state index is 14.3. The molecule has 1 aliphatic rings. The van der Waals surface area contributed by atoms with Crippen LogP contribution >= 0.6 is 15.9 Å². The summed E-state index contributed by atoms with van der Waals surface area (Å²) < 4.78 is 45.6. The zero-order valence-electron chi connectivity index (χ0n) is 24.4. The monoisotopic (exact) mass is 687 g/mol. The molecule has 0 bridgehead atoms. The Labute approximate surface area is 268 Å². The number of fused-ring (bicyclic) bond motifs is 3. The van der Waals surface area contributed by atoms with Crippen molar-refractivity contribution in [1.29, 1.82) is 0 Å². The molecule has 0 radical (unpaired) electrons. The highest BCUT2D eigenvalue weighted by molar-refractivity contribution is 9.10. The van der Waals surface area contributed by atoms with Gasteiger partial charge in [-0.1, -0.05) is 46.3 Å². The van der Waals surface area contributed by atoms with Crippen LogP contribution in [0.2, 0.25) is 0 Å². The SMILES string of the molecule is Cc1ncnn1-c1ccc(-n2c(=O)c3c(n4ncc(Cc5ccccc5)c24)CN(C(=O)c2ccc(Br)c(C(F)(F)F)c2)CC3)cc1. The fourth-order valence-corrected chi connectivity index (χ4v) is 6.39. The highest BCUT2D eigenvalue weighted by Gasteiger charge is 2.35. The van der Waals surface area contributed by atoms with Gasteiger partial charge in [-0.15, -0.1) is 0 Å². The molecule has 0 unspecified atom stereocenters. The van der Waals surface area contributed by atoms with E-state index in [1.165, 1.54) is 23.4 Å². The van der Waals surface area contributed by atoms with Crippen LogP contribution in [-0.2, 0) is 25.6 Å². The molecule has 46 heavy (non-hydrogen) atoms. The van der Waals surface area contributed by atoms with Gasteiger partial charge in [-0.05, 0) is 61.4 Å². The summed E-state index contributed by atoms with van der Waals surface area (Å²) in [4.78, 5) is 33.5. The number of carbonyl (C=O) groups is 1. The van der Waals surface area contributed by atoms with Crippen molar-refractivity contribution in [3.8, 4) is 11.4 Å². The summed E-state index contributed by atoms with van der Waals surface area (Å²) in [5.74, 6) is 0.163. The van der Waals surface area contributed by atoms with Gasteiger partial charge in [-0.2, -0.15) is 23.4 Å². The molecule has 232 valence electrons. The van der Waals surface area contributed by atoms with Gasteiger partial charge < -0.3 is 4.90 Å². The van der Waals surface area contributed by atoms with Gasteiger partial charge in [0, 0.05) is 34.1 Å². The standard InChI is InChI=1S/C33H25BrF3N7O2/c1-20-38-19-40-43(20)25-10-8-24(9-11-25)42-30-23(15-21-5-3-2-4-6-21)17-39-44(30)29-18-41(14-13-26(29)32(42)46)31(45)22-7-12-28(34)27(16-22)33(35,36)37/h2-12,16-17,19H,13-15,18H2,1H3. The lowest BCUT2D eigenvalue weighted by atomic mass is 10.0. The maximum atomic E-state index is 14.3. The van der Waals surface area contributed by atoms with Gasteiger partial charge in [-0.25, -0.2) is 14.2 Å². The first kappa shape index (κ1) is 29.7. The highest BCUT2D eigenvalue weighted by Crippen LogP contribution is 2.36. The van der Waals surface area contributed by atoms with E-state index in [9.17, 15) is 22.8 Å². The maximum Gasteiger partial charge on any atom is 0.417 e. The Morgan fingerprint density at radius 3 is 2.41 bits per heavy atom. The average Bonchev–Trinajstić information content (AvgIpc) is 3.67. The van der Waals surface area contributed by atoms with E-state index in [1.54, 1.807) is 20.0 Å². The molecule has 9 nitrogen and oxygen atoms in total. The van der Waals surface area contributed by atoms with Crippen LogP contribution < -0.4 is 5.56 Å². The predicted octanol–water partition coefficient (Wildman–Crippen LogP) is 5.94. The summed E-state index contributed by atoms with van der Waals surface area (Å²) in [5, 5.41) is 8.95. The van der Waals surface area contributed by atoms with Crippen molar-refractivity contribution in [1.82, 2.24) is 33.8 Å². The topological polar surface area (TPSA) is 90.3 Å². The highest BCUT2D eigenvalue weighted by atomic mass is 79.9. The first-order valence-electron chi connectivity index (χ1n) is 14.4. The first-order valence-corrected chi connectivity index (χ1v) is 15.2. The Kier molecular flexibility index (Phi) is 7.35. The Morgan fingerprint density at radius 2 is 1.72 bits per heavy atom. The molecule has 0 saturated carbocycles. The summed E-state index contributed by atoms with van der Waals surface area (Å²) in [6.45, 7) is 2.02. The van der Waals surface area contributed by atoms with E-state index in [-0.39, 0.29) is 35.1 Å². The van der Waals surface area contributed by atoms with E-state index in [2.05, 4.69) is 26.0 Å². The van der Waals surface area contributed by atoms with E-state index in [0.29, 0.717) is 29.0 Å². The molecule has 7 rings (SSSR count). The van der Waals surface area contributed by atoms with Gasteiger partial charge in [0.25, 0.3) is 11.5 Å². The average molecular weight is 689 g/mol. The molecule has 0 fully saturated rings. The van der Waals surface area contributed by atoms with E-state index in [0.717, 1.165) is 28.7 Å². The molecule has 4 heterocycles. The summed E-state index contributed by atoms with van der Waals surface area (Å²) >= 11 is 2.94. The minimum Gasteiger partial charge on any atom is -0.332 e. The molecule has 13 heteroatoms. The number of aromatic nitrogens is 6. The summed E-state index contributed by atoms with van der Waals surface area (Å²) in [6.07, 6.45) is -0.722. The van der Waals surface area contributed by atoms with Crippen LogP contribution in [0, 0.1) is 6.92 Å². The number of hydrogen-bond donors (Lipinski definition) is 0. The molecular weight excluding hydrogens is 663 g/mol. The number of amides is 1. The quantitative estimate of drug-likeness (QED) is 0.224. The molecule has 1 amide bonds. The molecule has 0 spiro atoms. The van der Waals surface area contributed by atoms with Gasteiger partial charge in [-0.3, -0.25) is 14.2 Å². The smallest absolute Gasteiger partial charge is 0.332 e. The van der Waals surface area contributed by atoms with Crippen LogP contribution in [0.25, 0.3) is 17.0 Å². The van der Waals surface area contributed by atoms with Gasteiger partial charge in [0.1, 0.15) is 17.8 Å². The third-order valence-electron chi connectivity index (χ3n) is 8.18. The van der Waals surface area contributed by atoms with Crippen molar-refractivity contribution in [3.05, 3.63) is 139 Å². The van der Waals surface area contributed by atoms with Crippen LogP contribution in [0.4, 0.5) is 13.2 Å². The molecule has 0 saturated heterocycles. The summed E-state index contributed by atoms with van der Waals surface area (Å²) in [7, 11) is 0. The Balaban J connectivity index is 1.33. The zero-order chi connectivity index (χ0) is 32.2. The zero-order valence-corrected chi connectivity index (χ0v) is 26.0. The number of alkyl halides is 3. The number of nitrogens with zero attached hydrogens (tertiary/aromatic N) is 7. The molecule has 0 atom stereocenters. The van der Waals surface area contributed by atoms with Crippen LogP contribution in [0.5, 0.6) is 0 Å². The fourth-order valence-electron chi connectivity index (χ4n) is 5.92. The normalized spacial score (nSPS) is 13.3. The summed E-state index contributed by atoms with van der Waals surface area (Å²) in [5.41, 5.74) is 3.56. The third-order valence-corrected chi connectivity index (χ3v) is 8.87. The largest absolute Gasteiger partial charge is 0.417 e. The van der Waals surface area contributed by atoms with E-state index in [4.69, 9.17) is 5.10 Å². The number of benzene rings is 3. The fraction of sp³-hybridized carbons (Fsp3) is 0.182.